The number of nitrogens with one attached hydrogen (secondary N) is 2. The molecule has 4 nitrogen and oxygen atoms in total. The third-order valence-corrected chi connectivity index (χ3v) is 3.92. The number of aromatic nitrogens is 2. The minimum atomic E-state index is 0.644. The van der Waals surface area contributed by atoms with Gasteiger partial charge >= 0.3 is 0 Å². The quantitative estimate of drug-likeness (QED) is 0.591. The molecule has 1 aromatic heterocycles. The van der Waals surface area contributed by atoms with Crippen LogP contribution >= 0.6 is 11.8 Å². The molecule has 0 amide bonds. The first kappa shape index (κ1) is 16.1. The lowest BCUT2D eigenvalue weighted by Gasteiger charge is -2.25. The van der Waals surface area contributed by atoms with Crippen LogP contribution in [0.25, 0.3) is 0 Å². The molecule has 108 valence electrons. The SMILES string of the molecule is CNc1cc(NCC(C(C)C)C(C)C)nc(SC)n1. The van der Waals surface area contributed by atoms with Crippen molar-refractivity contribution in [3.8, 4) is 0 Å². The van der Waals surface area contributed by atoms with Crippen molar-refractivity contribution in [2.24, 2.45) is 17.8 Å². The molecule has 1 rings (SSSR count). The van der Waals surface area contributed by atoms with Crippen molar-refractivity contribution in [3.05, 3.63) is 6.07 Å². The van der Waals surface area contributed by atoms with Crippen molar-refractivity contribution in [3.63, 3.8) is 0 Å². The second kappa shape index (κ2) is 7.58. The van der Waals surface area contributed by atoms with Crippen LogP contribution in [0.15, 0.2) is 11.2 Å². The van der Waals surface area contributed by atoms with Crippen LogP contribution in [0.2, 0.25) is 0 Å². The molecule has 1 heterocycles. The number of hydrogen-bond acceptors (Lipinski definition) is 5. The van der Waals surface area contributed by atoms with E-state index in [1.165, 1.54) is 0 Å². The lowest BCUT2D eigenvalue weighted by molar-refractivity contribution is 0.304. The zero-order valence-electron chi connectivity index (χ0n) is 12.8. The largest absolute Gasteiger partial charge is 0.373 e. The fourth-order valence-corrected chi connectivity index (χ4v) is 2.58. The number of rotatable bonds is 7. The van der Waals surface area contributed by atoms with Gasteiger partial charge in [-0.3, -0.25) is 0 Å². The number of nitrogens with zero attached hydrogens (tertiary/aromatic N) is 2. The van der Waals surface area contributed by atoms with Gasteiger partial charge in [0.2, 0.25) is 0 Å². The summed E-state index contributed by atoms with van der Waals surface area (Å²) in [7, 11) is 1.88. The molecule has 0 unspecified atom stereocenters. The summed E-state index contributed by atoms with van der Waals surface area (Å²) < 4.78 is 0. The molecule has 19 heavy (non-hydrogen) atoms. The Bertz CT molecular complexity index is 363. The lowest BCUT2D eigenvalue weighted by Crippen LogP contribution is -2.25. The molecule has 5 heteroatoms. The van der Waals surface area contributed by atoms with E-state index in [1.54, 1.807) is 11.8 Å². The molecule has 2 N–H and O–H groups in total. The monoisotopic (exact) mass is 282 g/mol. The Kier molecular flexibility index (Phi) is 6.42. The number of hydrogen-bond donors (Lipinski definition) is 2. The lowest BCUT2D eigenvalue weighted by atomic mass is 9.85. The van der Waals surface area contributed by atoms with Crippen LogP contribution in [0, 0.1) is 17.8 Å². The summed E-state index contributed by atoms with van der Waals surface area (Å²) >= 11 is 1.56. The van der Waals surface area contributed by atoms with E-state index in [2.05, 4.69) is 48.3 Å². The van der Waals surface area contributed by atoms with Crippen molar-refractivity contribution in [2.75, 3.05) is 30.5 Å². The third-order valence-electron chi connectivity index (χ3n) is 3.38. The highest BCUT2D eigenvalue weighted by Gasteiger charge is 2.17. The topological polar surface area (TPSA) is 49.8 Å². The van der Waals surface area contributed by atoms with E-state index >= 15 is 0 Å². The molecule has 1 aromatic rings. The summed E-state index contributed by atoms with van der Waals surface area (Å²) in [5, 5.41) is 7.31. The van der Waals surface area contributed by atoms with Crippen LogP contribution in [0.1, 0.15) is 27.7 Å². The highest BCUT2D eigenvalue weighted by molar-refractivity contribution is 7.98. The average Bonchev–Trinajstić information content (AvgIpc) is 2.37. The molecule has 0 atom stereocenters. The normalized spacial score (nSPS) is 11.4. The predicted molar refractivity (Wildman–Crippen MR) is 85.0 cm³/mol. The van der Waals surface area contributed by atoms with Gasteiger partial charge in [0.25, 0.3) is 0 Å². The molecule has 0 spiro atoms. The van der Waals surface area contributed by atoms with Crippen LogP contribution in [0.5, 0.6) is 0 Å². The standard InChI is InChI=1S/C14H26N4S/c1-9(2)11(10(3)4)8-16-13-7-12(15-5)17-14(18-13)19-6/h7,9-11H,8H2,1-6H3,(H2,15,16,17,18). The smallest absolute Gasteiger partial charge is 0.191 e. The first-order valence-electron chi connectivity index (χ1n) is 6.82. The molecule has 0 aromatic carbocycles. The minimum absolute atomic E-state index is 0.644. The molecule has 0 aliphatic heterocycles. The van der Waals surface area contributed by atoms with Crippen molar-refractivity contribution in [1.82, 2.24) is 9.97 Å². The third kappa shape index (κ3) is 4.90. The molecular formula is C14H26N4S. The Hall–Kier alpha value is -0.970. The highest BCUT2D eigenvalue weighted by Crippen LogP contribution is 2.22. The molecule has 0 saturated heterocycles. The van der Waals surface area contributed by atoms with Gasteiger partial charge in [0.15, 0.2) is 5.16 Å². The van der Waals surface area contributed by atoms with Crippen LogP contribution in [0.3, 0.4) is 0 Å². The van der Waals surface area contributed by atoms with Crippen LogP contribution in [0.4, 0.5) is 11.6 Å². The minimum Gasteiger partial charge on any atom is -0.373 e. The van der Waals surface area contributed by atoms with Gasteiger partial charge in [-0.25, -0.2) is 9.97 Å². The Morgan fingerprint density at radius 3 is 2.16 bits per heavy atom. The number of thioether (sulfide) groups is 1. The first-order chi connectivity index (χ1) is 8.97. The summed E-state index contributed by atoms with van der Waals surface area (Å²) in [4.78, 5) is 8.86. The van der Waals surface area contributed by atoms with Gasteiger partial charge < -0.3 is 10.6 Å². The summed E-state index contributed by atoms with van der Waals surface area (Å²) in [5.41, 5.74) is 0. The van der Waals surface area contributed by atoms with Crippen LogP contribution in [-0.2, 0) is 0 Å². The summed E-state index contributed by atoms with van der Waals surface area (Å²) in [5.74, 6) is 3.73. The maximum Gasteiger partial charge on any atom is 0.191 e. The van der Waals surface area contributed by atoms with E-state index in [0.717, 1.165) is 23.3 Å². The second-order valence-corrected chi connectivity index (χ2v) is 6.18. The Morgan fingerprint density at radius 1 is 1.11 bits per heavy atom. The molecule has 0 radical (unpaired) electrons. The van der Waals surface area contributed by atoms with E-state index in [4.69, 9.17) is 0 Å². The van der Waals surface area contributed by atoms with Gasteiger partial charge in [-0.2, -0.15) is 0 Å². The van der Waals surface area contributed by atoms with E-state index in [9.17, 15) is 0 Å². The van der Waals surface area contributed by atoms with Gasteiger partial charge in [-0.15, -0.1) is 0 Å². The summed E-state index contributed by atoms with van der Waals surface area (Å²) in [6.07, 6.45) is 1.99. The summed E-state index contributed by atoms with van der Waals surface area (Å²) in [6.45, 7) is 10.1. The fraction of sp³-hybridized carbons (Fsp3) is 0.714. The van der Waals surface area contributed by atoms with Crippen LogP contribution in [-0.4, -0.2) is 29.8 Å². The highest BCUT2D eigenvalue weighted by atomic mass is 32.2. The molecule has 0 aliphatic carbocycles. The zero-order chi connectivity index (χ0) is 14.4. The van der Waals surface area contributed by atoms with Gasteiger partial charge in [0.1, 0.15) is 11.6 Å². The molecule has 0 bridgehead atoms. The van der Waals surface area contributed by atoms with Gasteiger partial charge in [-0.05, 0) is 24.0 Å². The Labute approximate surface area is 121 Å². The van der Waals surface area contributed by atoms with E-state index in [0.29, 0.717) is 17.8 Å². The second-order valence-electron chi connectivity index (χ2n) is 5.41. The van der Waals surface area contributed by atoms with Gasteiger partial charge in [0, 0.05) is 19.7 Å². The van der Waals surface area contributed by atoms with Crippen LogP contribution < -0.4 is 10.6 Å². The van der Waals surface area contributed by atoms with E-state index in [1.807, 2.05) is 19.4 Å². The van der Waals surface area contributed by atoms with E-state index < -0.39 is 0 Å². The maximum absolute atomic E-state index is 4.49. The van der Waals surface area contributed by atoms with Gasteiger partial charge in [-0.1, -0.05) is 39.5 Å². The average molecular weight is 282 g/mol. The molecule has 0 saturated carbocycles. The van der Waals surface area contributed by atoms with Crippen molar-refractivity contribution >= 4 is 23.4 Å². The molecule has 0 aliphatic rings. The first-order valence-corrected chi connectivity index (χ1v) is 8.05. The summed E-state index contributed by atoms with van der Waals surface area (Å²) in [6, 6.07) is 1.96. The van der Waals surface area contributed by atoms with Gasteiger partial charge in [0.05, 0.1) is 0 Å². The van der Waals surface area contributed by atoms with E-state index in [-0.39, 0.29) is 0 Å². The Balaban J connectivity index is 2.76. The number of anilines is 2. The predicted octanol–water partition coefficient (Wildman–Crippen LogP) is 3.58. The van der Waals surface area contributed by atoms with Crippen molar-refractivity contribution < 1.29 is 0 Å². The Morgan fingerprint density at radius 2 is 1.68 bits per heavy atom. The van der Waals surface area contributed by atoms with Crippen molar-refractivity contribution in [2.45, 2.75) is 32.9 Å². The molecule has 0 fully saturated rings. The van der Waals surface area contributed by atoms with Crippen molar-refractivity contribution in [1.29, 1.82) is 0 Å². The zero-order valence-corrected chi connectivity index (χ0v) is 13.6. The maximum atomic E-state index is 4.49. The molecular weight excluding hydrogens is 256 g/mol. The fourth-order valence-electron chi connectivity index (χ4n) is 2.20.